The van der Waals surface area contributed by atoms with Gasteiger partial charge in [0, 0.05) is 18.0 Å². The van der Waals surface area contributed by atoms with Crippen LogP contribution in [0.25, 0.3) is 5.57 Å². The molecule has 0 bridgehead atoms. The molecule has 15 heteroatoms. The zero-order valence-corrected chi connectivity index (χ0v) is 40.0. The molecule has 0 spiro atoms. The number of pyridine rings is 1. The molecule has 0 unspecified atom stereocenters. The van der Waals surface area contributed by atoms with Gasteiger partial charge in [-0.2, -0.15) is 18.2 Å². The maximum Gasteiger partial charge on any atom is 1.00 e. The number of anilines is 1. The van der Waals surface area contributed by atoms with E-state index in [1.165, 1.54) is 5.56 Å². The first-order chi connectivity index (χ1) is 26.5. The number of aromatic nitrogens is 1. The molecule has 0 saturated heterocycles. The van der Waals surface area contributed by atoms with Gasteiger partial charge in [-0.25, -0.2) is 17.8 Å². The number of hydrogen-bond donors (Lipinski definition) is 1. The first kappa shape index (κ1) is 49.4. The van der Waals surface area contributed by atoms with E-state index in [9.17, 15) is 22.9 Å². The number of hydrogen-bond acceptors (Lipinski definition) is 9. The van der Waals surface area contributed by atoms with E-state index in [-0.39, 0.29) is 81.9 Å². The third-order valence-corrected chi connectivity index (χ3v) is 11.5. The van der Waals surface area contributed by atoms with Crippen LogP contribution in [0, 0.1) is 6.07 Å². The third kappa shape index (κ3) is 11.6. The molecule has 1 aliphatic carbocycles. The number of aliphatic imine (C=N–C) groups is 1. The zero-order valence-electron chi connectivity index (χ0n) is 34.4. The molecule has 0 amide bonds. The number of benzene rings is 2. The Hall–Kier alpha value is -2.98. The molecule has 3 aliphatic rings. The summed E-state index contributed by atoms with van der Waals surface area (Å²) in [4.78, 5) is 19.1. The molecule has 0 saturated carbocycles. The molecule has 1 aromatic heterocycles. The summed E-state index contributed by atoms with van der Waals surface area (Å²) in [6.07, 6.45) is 15.8. The summed E-state index contributed by atoms with van der Waals surface area (Å²) < 4.78 is 62.0. The van der Waals surface area contributed by atoms with Gasteiger partial charge >= 0.3 is 81.5 Å². The number of aromatic carboxylic acids is 1. The third-order valence-electron chi connectivity index (χ3n) is 10.7. The van der Waals surface area contributed by atoms with Gasteiger partial charge in [-0.3, -0.25) is 0 Å². The van der Waals surface area contributed by atoms with Gasteiger partial charge in [-0.1, -0.05) is 57.2 Å². The average Bonchev–Trinajstić information content (AvgIpc) is 3.52. The summed E-state index contributed by atoms with van der Waals surface area (Å²) in [5, 5.41) is 9.63. The number of fused-ring (bicyclic) bond motifs is 2. The number of nitrogens with zero attached hydrogens (tertiary/aromatic N) is 3. The number of aryl methyl sites for hydroxylation is 1. The molecule has 0 radical (unpaired) electrons. The molecule has 296 valence electrons. The molecule has 0 fully saturated rings. The Morgan fingerprint density at radius 1 is 0.983 bits per heavy atom. The molecule has 0 atom stereocenters. The van der Waals surface area contributed by atoms with E-state index in [2.05, 4.69) is 92.8 Å². The van der Waals surface area contributed by atoms with Crippen molar-refractivity contribution in [1.29, 1.82) is 0 Å². The van der Waals surface area contributed by atoms with Gasteiger partial charge in [-0.05, 0) is 115 Å². The van der Waals surface area contributed by atoms with E-state index in [4.69, 9.17) is 17.6 Å². The van der Waals surface area contributed by atoms with Crippen LogP contribution >= 0.6 is 0 Å². The molecule has 1 N–H and O–H groups in total. The van der Waals surface area contributed by atoms with E-state index in [1.807, 2.05) is 30.3 Å². The van der Waals surface area contributed by atoms with Crippen LogP contribution in [-0.4, -0.2) is 54.7 Å². The minimum atomic E-state index is -4.34. The molecular weight excluding hydrogens is 797 g/mol. The van der Waals surface area contributed by atoms with E-state index < -0.39 is 32.4 Å². The van der Waals surface area contributed by atoms with Crippen molar-refractivity contribution >= 4 is 49.5 Å². The second-order valence-corrected chi connectivity index (χ2v) is 17.1. The Morgan fingerprint density at radius 2 is 1.67 bits per heavy atom. The van der Waals surface area contributed by atoms with Crippen LogP contribution in [0.15, 0.2) is 107 Å². The number of carboxylic acids is 1. The number of rotatable bonds is 12. The van der Waals surface area contributed by atoms with Crippen molar-refractivity contribution in [2.45, 2.75) is 90.5 Å². The molecule has 2 aliphatic heterocycles. The number of carbonyl (C=O) groups is 1. The smallest absolute Gasteiger partial charge is 0.748 e. The zero-order chi connectivity index (χ0) is 40.8. The van der Waals surface area contributed by atoms with E-state index >= 15 is 0 Å². The van der Waals surface area contributed by atoms with Crippen LogP contribution in [0.3, 0.4) is 0 Å². The monoisotopic (exact) mass is 844 g/mol. The quantitative estimate of drug-likeness (QED) is 0.123. The van der Waals surface area contributed by atoms with E-state index in [1.54, 1.807) is 12.1 Å². The SMILES string of the molecule is CCCC[n+]1cccc2c1N=C(/C=C/C1=C(c3ccc(C(=O)O)cc3)C(=C/C=C3/N(CCCS(=O)(=O)[O-])c4cc[c-]cc4C3(C)C)/CCC1)C2(C)C.O=S(=O)=O.[Na+].[Na+]. The van der Waals surface area contributed by atoms with Crippen LogP contribution in [-0.2, 0) is 38.1 Å². The molecule has 3 heterocycles. The molecule has 58 heavy (non-hydrogen) atoms. The fourth-order valence-corrected chi connectivity index (χ4v) is 8.25. The summed E-state index contributed by atoms with van der Waals surface area (Å²) in [5.74, 6) is -0.370. The molecule has 3 aromatic rings. The normalized spacial score (nSPS) is 17.8. The summed E-state index contributed by atoms with van der Waals surface area (Å²) in [7, 11) is -7.45. The second-order valence-electron chi connectivity index (χ2n) is 15.2. The van der Waals surface area contributed by atoms with Crippen LogP contribution in [0.1, 0.15) is 100 Å². The predicted molar refractivity (Wildman–Crippen MR) is 216 cm³/mol. The fourth-order valence-electron chi connectivity index (χ4n) is 7.77. The Balaban J connectivity index is 0.00000143. The molecule has 11 nitrogen and oxygen atoms in total. The average molecular weight is 845 g/mol. The summed E-state index contributed by atoms with van der Waals surface area (Å²) >= 11 is 0. The van der Waals surface area contributed by atoms with Crippen LogP contribution < -0.4 is 68.6 Å². The summed E-state index contributed by atoms with van der Waals surface area (Å²) in [6.45, 7) is 12.3. The van der Waals surface area contributed by atoms with Crippen LogP contribution in [0.4, 0.5) is 11.5 Å². The Kier molecular flexibility index (Phi) is 17.9. The van der Waals surface area contributed by atoms with Crippen molar-refractivity contribution < 1.29 is 99.2 Å². The van der Waals surface area contributed by atoms with Gasteiger partial charge in [0.15, 0.2) is 5.71 Å². The maximum absolute atomic E-state index is 11.8. The van der Waals surface area contributed by atoms with Crippen molar-refractivity contribution in [3.63, 3.8) is 0 Å². The summed E-state index contributed by atoms with van der Waals surface area (Å²) in [5.41, 5.74) is 9.21. The van der Waals surface area contributed by atoms with Crippen molar-refractivity contribution in [3.8, 4) is 0 Å². The van der Waals surface area contributed by atoms with Gasteiger partial charge in [0.1, 0.15) is 0 Å². The molecule has 2 aromatic carbocycles. The molecular formula is C43H48N3Na2O8S2+. The van der Waals surface area contributed by atoms with Crippen molar-refractivity contribution in [3.05, 3.63) is 130 Å². The predicted octanol–water partition coefficient (Wildman–Crippen LogP) is 1.38. The number of carboxylic acid groups (broad SMARTS) is 1. The second kappa shape index (κ2) is 21.0. The van der Waals surface area contributed by atoms with Crippen molar-refractivity contribution in [2.24, 2.45) is 4.99 Å². The van der Waals surface area contributed by atoms with Gasteiger partial charge in [-0.15, -0.1) is 24.3 Å². The van der Waals surface area contributed by atoms with Crippen LogP contribution in [0.5, 0.6) is 0 Å². The largest absolute Gasteiger partial charge is 1.00 e. The van der Waals surface area contributed by atoms with E-state index in [0.717, 1.165) is 89.4 Å². The minimum Gasteiger partial charge on any atom is -0.748 e. The fraction of sp³-hybridized carbons (Fsp3) is 0.372. The van der Waals surface area contributed by atoms with Crippen molar-refractivity contribution in [1.82, 2.24) is 0 Å². The van der Waals surface area contributed by atoms with Crippen molar-refractivity contribution in [2.75, 3.05) is 17.2 Å². The minimum absolute atomic E-state index is 0. The van der Waals surface area contributed by atoms with Crippen LogP contribution in [0.2, 0.25) is 0 Å². The topological polar surface area (TPSA) is 165 Å². The Bertz CT molecular complexity index is 2380. The van der Waals surface area contributed by atoms with Gasteiger partial charge in [0.2, 0.25) is 0 Å². The first-order valence-corrected chi connectivity index (χ1v) is 21.3. The Morgan fingerprint density at radius 3 is 2.31 bits per heavy atom. The summed E-state index contributed by atoms with van der Waals surface area (Å²) in [6, 6.07) is 20.4. The molecule has 6 rings (SSSR count). The Labute approximate surface area is 388 Å². The van der Waals surface area contributed by atoms with E-state index in [0.29, 0.717) is 6.54 Å². The van der Waals surface area contributed by atoms with Gasteiger partial charge in [0.25, 0.3) is 0 Å². The number of allylic oxidation sites excluding steroid dienone is 8. The maximum atomic E-state index is 11.8. The first-order valence-electron chi connectivity index (χ1n) is 18.7. The van der Waals surface area contributed by atoms with Gasteiger partial charge in [0.05, 0.1) is 39.4 Å². The number of unbranched alkanes of at least 4 members (excludes halogenated alkanes) is 1. The van der Waals surface area contributed by atoms with Gasteiger partial charge < -0.3 is 14.6 Å². The standard InChI is InChI=1S/C43H49N3O5S.2Na.O3S/c1-6-7-26-45-27-11-16-35-40(45)44-37(42(35,2)3)24-22-30-13-10-14-31(39(30)32-18-20-33(21-19-32)41(47)48)23-25-38-43(4,5)34-15-8-9-17-36(34)46(38)28-12-29-52(49,50)51;;;1-4(2)3/h9,11,15-25,27H,6-7,10,12-14,26,28-29H2,1-5H3,(H,47,48)(H,49,50,51);;;/q;2*+1;/p-1.